The normalized spacial score (nSPS) is 11.1. The van der Waals surface area contributed by atoms with Gasteiger partial charge in [0.15, 0.2) is 0 Å². The molecule has 0 fully saturated rings. The van der Waals surface area contributed by atoms with E-state index in [0.717, 1.165) is 10.2 Å². The number of hydrogen-bond donors (Lipinski definition) is 0. The Labute approximate surface area is 103 Å². The van der Waals surface area contributed by atoms with Gasteiger partial charge in [0.1, 0.15) is 12.4 Å². The fourth-order valence-corrected chi connectivity index (χ4v) is 1.44. The third kappa shape index (κ3) is 4.06. The van der Waals surface area contributed by atoms with Gasteiger partial charge in [-0.05, 0) is 31.2 Å². The van der Waals surface area contributed by atoms with Gasteiger partial charge in [0.2, 0.25) is 0 Å². The van der Waals surface area contributed by atoms with Crippen LogP contribution in [0.5, 0.6) is 5.75 Å². The van der Waals surface area contributed by atoms with Crippen molar-refractivity contribution < 1.29 is 14.3 Å². The smallest absolute Gasteiger partial charge is 0.333 e. The highest BCUT2D eigenvalue weighted by atomic mass is 79.9. The van der Waals surface area contributed by atoms with E-state index >= 15 is 0 Å². The lowest BCUT2D eigenvalue weighted by atomic mass is 10.3. The van der Waals surface area contributed by atoms with Crippen LogP contribution in [0, 0.1) is 0 Å². The molecule has 0 aliphatic carbocycles. The van der Waals surface area contributed by atoms with Crippen molar-refractivity contribution in [2.24, 2.45) is 0 Å². The maximum Gasteiger partial charge on any atom is 0.333 e. The second-order valence-corrected chi connectivity index (χ2v) is 4.06. The number of ether oxygens (including phenoxy) is 2. The quantitative estimate of drug-likeness (QED) is 0.630. The average molecular weight is 285 g/mol. The van der Waals surface area contributed by atoms with Crippen LogP contribution in [0.2, 0.25) is 0 Å². The minimum absolute atomic E-state index is 0.335. The molecule has 1 aromatic carbocycles. The molecule has 0 aromatic heterocycles. The second kappa shape index (κ2) is 6.33. The lowest BCUT2D eigenvalue weighted by Crippen LogP contribution is -2.04. The first-order chi connectivity index (χ1) is 7.63. The van der Waals surface area contributed by atoms with Crippen molar-refractivity contribution in [3.63, 3.8) is 0 Å². The molecule has 4 heteroatoms. The summed E-state index contributed by atoms with van der Waals surface area (Å²) in [5.74, 6) is 0.418. The molecule has 0 heterocycles. The Morgan fingerprint density at radius 2 is 2.25 bits per heavy atom. The van der Waals surface area contributed by atoms with Gasteiger partial charge in [-0.2, -0.15) is 0 Å². The molecule has 0 amide bonds. The number of carbonyl (C=O) groups is 1. The molecule has 1 aromatic rings. The third-order valence-corrected chi connectivity index (χ3v) is 2.44. The summed E-state index contributed by atoms with van der Waals surface area (Å²) in [4.78, 5) is 11.1. The predicted octanol–water partition coefficient (Wildman–Crippen LogP) is 2.95. The Kier molecular flexibility index (Phi) is 5.05. The maximum absolute atomic E-state index is 11.1. The number of rotatable bonds is 4. The minimum atomic E-state index is -0.335. The van der Waals surface area contributed by atoms with Crippen molar-refractivity contribution >= 4 is 21.9 Å². The van der Waals surface area contributed by atoms with Crippen molar-refractivity contribution in [3.8, 4) is 5.75 Å². The molecule has 0 aliphatic rings. The fraction of sp³-hybridized carbons (Fsp3) is 0.250. The Bertz CT molecular complexity index is 399. The van der Waals surface area contributed by atoms with Gasteiger partial charge in [0.25, 0.3) is 0 Å². The van der Waals surface area contributed by atoms with E-state index in [1.807, 2.05) is 24.3 Å². The van der Waals surface area contributed by atoms with Crippen LogP contribution < -0.4 is 4.74 Å². The SMILES string of the molecule is COC(=O)C(C)=CCOc1cccc(Br)c1. The molecule has 3 nitrogen and oxygen atoms in total. The topological polar surface area (TPSA) is 35.5 Å². The van der Waals surface area contributed by atoms with E-state index in [2.05, 4.69) is 20.7 Å². The standard InChI is InChI=1S/C12H13BrO3/c1-9(12(14)15-2)6-7-16-11-5-3-4-10(13)8-11/h3-6,8H,7H2,1-2H3. The summed E-state index contributed by atoms with van der Waals surface area (Å²) in [5.41, 5.74) is 0.539. The van der Waals surface area contributed by atoms with E-state index in [0.29, 0.717) is 12.2 Å². The van der Waals surface area contributed by atoms with Crippen LogP contribution in [0.4, 0.5) is 0 Å². The zero-order valence-electron chi connectivity index (χ0n) is 9.20. The molecule has 0 saturated heterocycles. The predicted molar refractivity (Wildman–Crippen MR) is 65.4 cm³/mol. The molecule has 0 unspecified atom stereocenters. The zero-order chi connectivity index (χ0) is 12.0. The summed E-state index contributed by atoms with van der Waals surface area (Å²) in [7, 11) is 1.36. The fourth-order valence-electron chi connectivity index (χ4n) is 1.06. The third-order valence-electron chi connectivity index (χ3n) is 1.94. The van der Waals surface area contributed by atoms with Gasteiger partial charge < -0.3 is 9.47 Å². The van der Waals surface area contributed by atoms with E-state index in [1.54, 1.807) is 13.0 Å². The monoisotopic (exact) mass is 284 g/mol. The van der Waals surface area contributed by atoms with Crippen molar-refractivity contribution in [1.29, 1.82) is 0 Å². The molecular formula is C12H13BrO3. The van der Waals surface area contributed by atoms with E-state index < -0.39 is 0 Å². The Morgan fingerprint density at radius 1 is 1.50 bits per heavy atom. The van der Waals surface area contributed by atoms with Crippen LogP contribution >= 0.6 is 15.9 Å². The highest BCUT2D eigenvalue weighted by molar-refractivity contribution is 9.10. The highest BCUT2D eigenvalue weighted by Gasteiger charge is 2.01. The van der Waals surface area contributed by atoms with Gasteiger partial charge >= 0.3 is 5.97 Å². The van der Waals surface area contributed by atoms with E-state index in [4.69, 9.17) is 4.74 Å². The Morgan fingerprint density at radius 3 is 2.88 bits per heavy atom. The molecule has 86 valence electrons. The summed E-state index contributed by atoms with van der Waals surface area (Å²) in [6.07, 6.45) is 1.69. The van der Waals surface area contributed by atoms with E-state index in [-0.39, 0.29) is 5.97 Å². The summed E-state index contributed by atoms with van der Waals surface area (Å²) in [6.45, 7) is 2.04. The lowest BCUT2D eigenvalue weighted by Gasteiger charge is -2.04. The minimum Gasteiger partial charge on any atom is -0.489 e. The van der Waals surface area contributed by atoms with Crippen molar-refractivity contribution in [3.05, 3.63) is 40.4 Å². The average Bonchev–Trinajstić information content (AvgIpc) is 2.28. The van der Waals surface area contributed by atoms with Crippen LogP contribution in [-0.2, 0) is 9.53 Å². The van der Waals surface area contributed by atoms with Crippen molar-refractivity contribution in [1.82, 2.24) is 0 Å². The Balaban J connectivity index is 2.50. The van der Waals surface area contributed by atoms with Crippen LogP contribution in [0.1, 0.15) is 6.92 Å². The summed E-state index contributed by atoms with van der Waals surface area (Å²) in [5, 5.41) is 0. The summed E-state index contributed by atoms with van der Waals surface area (Å²) in [6, 6.07) is 7.52. The van der Waals surface area contributed by atoms with Gasteiger partial charge in [-0.3, -0.25) is 0 Å². The van der Waals surface area contributed by atoms with Gasteiger partial charge in [-0.15, -0.1) is 0 Å². The van der Waals surface area contributed by atoms with Crippen LogP contribution in [-0.4, -0.2) is 19.7 Å². The first-order valence-electron chi connectivity index (χ1n) is 4.77. The van der Waals surface area contributed by atoms with E-state index in [1.165, 1.54) is 7.11 Å². The van der Waals surface area contributed by atoms with Crippen LogP contribution in [0.15, 0.2) is 40.4 Å². The van der Waals surface area contributed by atoms with Gasteiger partial charge in [0.05, 0.1) is 7.11 Å². The number of esters is 1. The summed E-state index contributed by atoms with van der Waals surface area (Å²) < 4.78 is 11.0. The molecule has 16 heavy (non-hydrogen) atoms. The lowest BCUT2D eigenvalue weighted by molar-refractivity contribution is -0.136. The first-order valence-corrected chi connectivity index (χ1v) is 5.56. The first kappa shape index (κ1) is 12.8. The molecule has 0 aliphatic heterocycles. The van der Waals surface area contributed by atoms with Gasteiger partial charge in [-0.25, -0.2) is 4.79 Å². The van der Waals surface area contributed by atoms with Crippen LogP contribution in [0.3, 0.4) is 0 Å². The number of carbonyl (C=O) groups excluding carboxylic acids is 1. The molecule has 0 bridgehead atoms. The van der Waals surface area contributed by atoms with Gasteiger partial charge in [0, 0.05) is 10.0 Å². The molecule has 0 radical (unpaired) electrons. The maximum atomic E-state index is 11.1. The molecule has 1 rings (SSSR count). The summed E-state index contributed by atoms with van der Waals surface area (Å²) >= 11 is 3.35. The molecule has 0 atom stereocenters. The molecule has 0 saturated carbocycles. The highest BCUT2D eigenvalue weighted by Crippen LogP contribution is 2.17. The number of halogens is 1. The molecular weight excluding hydrogens is 272 g/mol. The molecule has 0 N–H and O–H groups in total. The number of hydrogen-bond acceptors (Lipinski definition) is 3. The number of methoxy groups -OCH3 is 1. The zero-order valence-corrected chi connectivity index (χ0v) is 10.8. The molecule has 0 spiro atoms. The largest absolute Gasteiger partial charge is 0.489 e. The van der Waals surface area contributed by atoms with E-state index in [9.17, 15) is 4.79 Å². The van der Waals surface area contributed by atoms with Crippen molar-refractivity contribution in [2.75, 3.05) is 13.7 Å². The van der Waals surface area contributed by atoms with Gasteiger partial charge in [-0.1, -0.05) is 22.0 Å². The second-order valence-electron chi connectivity index (χ2n) is 3.15. The van der Waals surface area contributed by atoms with Crippen LogP contribution in [0.25, 0.3) is 0 Å². The Hall–Kier alpha value is -1.29. The number of benzene rings is 1. The van der Waals surface area contributed by atoms with Crippen molar-refractivity contribution in [2.45, 2.75) is 6.92 Å².